The molecule has 2 amide bonds. The van der Waals surface area contributed by atoms with Gasteiger partial charge < -0.3 is 5.73 Å². The summed E-state index contributed by atoms with van der Waals surface area (Å²) in [6.45, 7) is 1.70. The van der Waals surface area contributed by atoms with E-state index in [2.05, 4.69) is 23.6 Å². The Bertz CT molecular complexity index is 590. The maximum atomic E-state index is 10.8. The maximum Gasteiger partial charge on any atom is 0.339 e. The van der Waals surface area contributed by atoms with E-state index in [1.54, 1.807) is 35.7 Å². The molecule has 0 fully saturated rings. The molecular formula is C14H16N2O2S2. The number of nitrogens with two attached hydrogens (primary N) is 1. The number of carbonyl (C=O) groups excluding carboxylic acids is 1. The highest BCUT2D eigenvalue weighted by atomic mass is 32.1. The Morgan fingerprint density at radius 3 is 2.90 bits per heavy atom. The summed E-state index contributed by atoms with van der Waals surface area (Å²) in [6.07, 6.45) is 4.57. The van der Waals surface area contributed by atoms with Gasteiger partial charge in [0.2, 0.25) is 0 Å². The van der Waals surface area contributed by atoms with E-state index in [0.29, 0.717) is 5.06 Å². The Balaban J connectivity index is 1.97. The van der Waals surface area contributed by atoms with Crippen molar-refractivity contribution in [3.05, 3.63) is 50.4 Å². The lowest BCUT2D eigenvalue weighted by molar-refractivity contribution is -0.0560. The van der Waals surface area contributed by atoms with Gasteiger partial charge in [0, 0.05) is 21.1 Å². The number of primary amides is 1. The number of hydrogen-bond donors (Lipinski definition) is 2. The zero-order chi connectivity index (χ0) is 14.5. The van der Waals surface area contributed by atoms with Crippen LogP contribution in [-0.4, -0.2) is 22.3 Å². The minimum atomic E-state index is -0.855. The third kappa shape index (κ3) is 3.93. The highest BCUT2D eigenvalue weighted by Crippen LogP contribution is 2.23. The SMILES string of the molecule is CC(C=Cc1ccc(Cc2cccs2)s1)N(O)C(N)=O. The van der Waals surface area contributed by atoms with Crippen LogP contribution in [0.5, 0.6) is 0 Å². The second-order valence-corrected chi connectivity index (χ2v) is 6.57. The van der Waals surface area contributed by atoms with Crippen LogP contribution < -0.4 is 5.73 Å². The van der Waals surface area contributed by atoms with Gasteiger partial charge in [0.1, 0.15) is 0 Å². The Kier molecular flexibility index (Phi) is 4.94. The summed E-state index contributed by atoms with van der Waals surface area (Å²) in [5, 5.41) is 11.9. The summed E-state index contributed by atoms with van der Waals surface area (Å²) in [6, 6.07) is 7.00. The number of hydroxylamine groups is 2. The molecule has 0 radical (unpaired) electrons. The van der Waals surface area contributed by atoms with Crippen molar-refractivity contribution in [2.75, 3.05) is 0 Å². The first kappa shape index (κ1) is 14.8. The van der Waals surface area contributed by atoms with Gasteiger partial charge in [0.05, 0.1) is 6.04 Å². The van der Waals surface area contributed by atoms with Gasteiger partial charge in [-0.25, -0.2) is 4.79 Å². The Hall–Kier alpha value is -1.63. The molecule has 1 atom stereocenters. The van der Waals surface area contributed by atoms with E-state index in [1.807, 2.05) is 12.1 Å². The molecule has 3 N–H and O–H groups in total. The number of carbonyl (C=O) groups is 1. The highest BCUT2D eigenvalue weighted by molar-refractivity contribution is 7.13. The fourth-order valence-electron chi connectivity index (χ4n) is 1.68. The first-order chi connectivity index (χ1) is 9.56. The first-order valence-electron chi connectivity index (χ1n) is 6.13. The minimum absolute atomic E-state index is 0.449. The van der Waals surface area contributed by atoms with Crippen LogP contribution in [0.4, 0.5) is 4.79 Å². The lowest BCUT2D eigenvalue weighted by atomic mass is 10.2. The third-order valence-corrected chi connectivity index (χ3v) is 4.69. The van der Waals surface area contributed by atoms with Gasteiger partial charge in [0.25, 0.3) is 0 Å². The normalized spacial score (nSPS) is 12.7. The van der Waals surface area contributed by atoms with Gasteiger partial charge >= 0.3 is 6.03 Å². The van der Waals surface area contributed by atoms with Gasteiger partial charge in [-0.2, -0.15) is 5.06 Å². The zero-order valence-corrected chi connectivity index (χ0v) is 12.7. The molecule has 4 nitrogen and oxygen atoms in total. The molecule has 2 aromatic heterocycles. The van der Waals surface area contributed by atoms with E-state index in [-0.39, 0.29) is 0 Å². The average molecular weight is 308 g/mol. The number of thiophene rings is 2. The summed E-state index contributed by atoms with van der Waals surface area (Å²) in [7, 11) is 0. The van der Waals surface area contributed by atoms with Crippen LogP contribution in [-0.2, 0) is 6.42 Å². The number of rotatable bonds is 5. The monoisotopic (exact) mass is 308 g/mol. The predicted molar refractivity (Wildman–Crippen MR) is 83.1 cm³/mol. The number of hydrogen-bond acceptors (Lipinski definition) is 4. The van der Waals surface area contributed by atoms with E-state index in [0.717, 1.165) is 11.3 Å². The highest BCUT2D eigenvalue weighted by Gasteiger charge is 2.11. The van der Waals surface area contributed by atoms with Gasteiger partial charge in [-0.05, 0) is 36.6 Å². The van der Waals surface area contributed by atoms with Crippen molar-refractivity contribution in [1.29, 1.82) is 0 Å². The van der Waals surface area contributed by atoms with E-state index in [9.17, 15) is 10.0 Å². The number of amides is 2. The summed E-state index contributed by atoms with van der Waals surface area (Å²) >= 11 is 3.45. The van der Waals surface area contributed by atoms with Gasteiger partial charge in [-0.15, -0.1) is 22.7 Å². The van der Waals surface area contributed by atoms with Crippen LogP contribution in [0.1, 0.15) is 21.6 Å². The molecule has 0 aromatic carbocycles. The summed E-state index contributed by atoms with van der Waals surface area (Å²) in [5.74, 6) is 0. The fourth-order valence-corrected chi connectivity index (χ4v) is 3.45. The number of urea groups is 1. The van der Waals surface area contributed by atoms with Crippen LogP contribution in [0, 0.1) is 0 Å². The topological polar surface area (TPSA) is 66.6 Å². The van der Waals surface area contributed by atoms with E-state index in [1.165, 1.54) is 9.75 Å². The standard InChI is InChI=1S/C14H16N2O2S2/c1-10(16(18)14(15)17)4-5-11-6-7-13(20-11)9-12-3-2-8-19-12/h2-8,10,18H,9H2,1H3,(H2,15,17). The first-order valence-corrected chi connectivity index (χ1v) is 7.82. The second kappa shape index (κ2) is 6.69. The predicted octanol–water partition coefficient (Wildman–Crippen LogP) is 3.57. The van der Waals surface area contributed by atoms with Crippen molar-refractivity contribution in [1.82, 2.24) is 5.06 Å². The molecule has 0 bridgehead atoms. The molecule has 0 saturated heterocycles. The Labute approximate surface area is 125 Å². The van der Waals surface area contributed by atoms with Crippen LogP contribution >= 0.6 is 22.7 Å². The molecule has 0 spiro atoms. The lowest BCUT2D eigenvalue weighted by Crippen LogP contribution is -2.38. The summed E-state index contributed by atoms with van der Waals surface area (Å²) in [5.41, 5.74) is 4.99. The average Bonchev–Trinajstić information content (AvgIpc) is 3.07. The van der Waals surface area contributed by atoms with Crippen LogP contribution in [0.3, 0.4) is 0 Å². The van der Waals surface area contributed by atoms with Crippen LogP contribution in [0.15, 0.2) is 35.7 Å². The maximum absolute atomic E-state index is 10.8. The molecule has 0 aliphatic rings. The summed E-state index contributed by atoms with van der Waals surface area (Å²) in [4.78, 5) is 14.5. The third-order valence-electron chi connectivity index (χ3n) is 2.76. The fraction of sp³-hybridized carbons (Fsp3) is 0.214. The zero-order valence-electron chi connectivity index (χ0n) is 11.0. The van der Waals surface area contributed by atoms with Gasteiger partial charge in [-0.3, -0.25) is 5.21 Å². The smallest absolute Gasteiger partial charge is 0.339 e. The quantitative estimate of drug-likeness (QED) is 0.655. The van der Waals surface area contributed by atoms with Gasteiger partial charge in [-0.1, -0.05) is 12.1 Å². The van der Waals surface area contributed by atoms with E-state index in [4.69, 9.17) is 5.73 Å². The number of nitrogens with zero attached hydrogens (tertiary/aromatic N) is 1. The molecular weight excluding hydrogens is 292 g/mol. The molecule has 2 heterocycles. The largest absolute Gasteiger partial charge is 0.350 e. The van der Waals surface area contributed by atoms with E-state index < -0.39 is 12.1 Å². The molecule has 106 valence electrons. The van der Waals surface area contributed by atoms with Crippen molar-refractivity contribution < 1.29 is 10.0 Å². The van der Waals surface area contributed by atoms with Crippen molar-refractivity contribution in [3.63, 3.8) is 0 Å². The molecule has 0 saturated carbocycles. The molecule has 2 rings (SSSR count). The lowest BCUT2D eigenvalue weighted by Gasteiger charge is -2.16. The minimum Gasteiger partial charge on any atom is -0.350 e. The molecule has 6 heteroatoms. The van der Waals surface area contributed by atoms with Crippen molar-refractivity contribution in [2.24, 2.45) is 5.73 Å². The second-order valence-electron chi connectivity index (χ2n) is 4.34. The van der Waals surface area contributed by atoms with Crippen molar-refractivity contribution in [3.8, 4) is 0 Å². The van der Waals surface area contributed by atoms with E-state index >= 15 is 0 Å². The van der Waals surface area contributed by atoms with Crippen LogP contribution in [0.25, 0.3) is 6.08 Å². The van der Waals surface area contributed by atoms with Crippen molar-refractivity contribution in [2.45, 2.75) is 19.4 Å². The van der Waals surface area contributed by atoms with Crippen LogP contribution in [0.2, 0.25) is 0 Å². The summed E-state index contributed by atoms with van der Waals surface area (Å²) < 4.78 is 0. The molecule has 1 unspecified atom stereocenters. The molecule has 20 heavy (non-hydrogen) atoms. The molecule has 0 aliphatic heterocycles. The van der Waals surface area contributed by atoms with Crippen molar-refractivity contribution >= 4 is 34.8 Å². The Morgan fingerprint density at radius 2 is 2.25 bits per heavy atom. The van der Waals surface area contributed by atoms with Gasteiger partial charge in [0.15, 0.2) is 0 Å². The Morgan fingerprint density at radius 1 is 1.45 bits per heavy atom. The molecule has 2 aromatic rings. The molecule has 0 aliphatic carbocycles.